The molecular formula is C4H12BF4NO2. The summed E-state index contributed by atoms with van der Waals surface area (Å²) in [7, 11) is -6.00. The van der Waals surface area contributed by atoms with Crippen LogP contribution >= 0.6 is 0 Å². The van der Waals surface area contributed by atoms with Crippen LogP contribution in [0.25, 0.3) is 0 Å². The second-order valence-electron chi connectivity index (χ2n) is 2.17. The third kappa shape index (κ3) is 54.0. The third-order valence-corrected chi connectivity index (χ3v) is 0.557. The summed E-state index contributed by atoms with van der Waals surface area (Å²) in [5.74, 6) is 0. The van der Waals surface area contributed by atoms with Gasteiger partial charge in [0.1, 0.15) is 0 Å². The van der Waals surface area contributed by atoms with Gasteiger partial charge in [-0.15, -0.1) is 0 Å². The van der Waals surface area contributed by atoms with Crippen LogP contribution in [0.5, 0.6) is 0 Å². The highest BCUT2D eigenvalue weighted by Crippen LogP contribution is 2.06. The van der Waals surface area contributed by atoms with E-state index in [1.807, 2.05) is 0 Å². The van der Waals surface area contributed by atoms with Gasteiger partial charge in [-0.3, -0.25) is 5.32 Å². The van der Waals surface area contributed by atoms with E-state index in [9.17, 15) is 17.3 Å². The molecule has 0 aromatic rings. The molecule has 0 amide bonds. The van der Waals surface area contributed by atoms with Crippen LogP contribution in [0.1, 0.15) is 13.8 Å². The molecular weight excluding hydrogens is 181 g/mol. The highest BCUT2D eigenvalue weighted by Gasteiger charge is 2.20. The van der Waals surface area contributed by atoms with E-state index in [4.69, 9.17) is 10.2 Å². The Morgan fingerprint density at radius 3 is 1.17 bits per heavy atom. The van der Waals surface area contributed by atoms with E-state index in [0.717, 1.165) is 0 Å². The summed E-state index contributed by atoms with van der Waals surface area (Å²) < 4.78 is 39.0. The summed E-state index contributed by atoms with van der Waals surface area (Å²) in [5.41, 5.74) is 0. The molecule has 0 aromatic carbocycles. The fourth-order valence-corrected chi connectivity index (χ4v) is 0.403. The molecule has 0 aliphatic carbocycles. The number of quaternary nitrogens is 1. The van der Waals surface area contributed by atoms with Crippen molar-refractivity contribution < 1.29 is 32.8 Å². The maximum atomic E-state index is 9.75. The predicted octanol–water partition coefficient (Wildman–Crippen LogP) is -0.474. The van der Waals surface area contributed by atoms with E-state index in [-0.39, 0.29) is 0 Å². The number of halogens is 4. The molecule has 0 aromatic heterocycles. The van der Waals surface area contributed by atoms with Gasteiger partial charge in [0.25, 0.3) is 0 Å². The lowest BCUT2D eigenvalue weighted by Gasteiger charge is -2.04. The van der Waals surface area contributed by atoms with Crippen molar-refractivity contribution in [2.24, 2.45) is 0 Å². The molecule has 0 fully saturated rings. The maximum absolute atomic E-state index is 9.75. The van der Waals surface area contributed by atoms with Crippen molar-refractivity contribution in [1.29, 1.82) is 0 Å². The summed E-state index contributed by atoms with van der Waals surface area (Å²) in [5, 5.41) is 18.5. The smallest absolute Gasteiger partial charge is 0.418 e. The van der Waals surface area contributed by atoms with Gasteiger partial charge in [-0.2, -0.15) is 0 Å². The SMILES string of the molecule is CC(O)[NH2+]C(C)O.F[B-](F)(F)F. The van der Waals surface area contributed by atoms with Gasteiger partial charge in [0, 0.05) is 13.8 Å². The Morgan fingerprint density at radius 2 is 1.17 bits per heavy atom. The largest absolute Gasteiger partial charge is 0.673 e. The van der Waals surface area contributed by atoms with Crippen molar-refractivity contribution in [1.82, 2.24) is 0 Å². The summed E-state index contributed by atoms with van der Waals surface area (Å²) in [6.45, 7) is 3.21. The van der Waals surface area contributed by atoms with Gasteiger partial charge in [-0.1, -0.05) is 0 Å². The van der Waals surface area contributed by atoms with Gasteiger partial charge in [0.15, 0.2) is 12.5 Å². The van der Waals surface area contributed by atoms with Crippen LogP contribution in [-0.4, -0.2) is 29.9 Å². The molecule has 0 spiro atoms. The molecule has 0 aliphatic heterocycles. The number of nitrogens with two attached hydrogens (primary N) is 1. The first kappa shape index (κ1) is 14.2. The molecule has 0 rings (SSSR count). The van der Waals surface area contributed by atoms with Gasteiger partial charge >= 0.3 is 7.25 Å². The van der Waals surface area contributed by atoms with E-state index in [0.29, 0.717) is 0 Å². The molecule has 8 heteroatoms. The quantitative estimate of drug-likeness (QED) is 0.315. The molecule has 0 radical (unpaired) electrons. The average molecular weight is 193 g/mol. The third-order valence-electron chi connectivity index (χ3n) is 0.557. The van der Waals surface area contributed by atoms with Crippen molar-refractivity contribution in [2.45, 2.75) is 26.3 Å². The topological polar surface area (TPSA) is 57.1 Å². The second-order valence-corrected chi connectivity index (χ2v) is 2.17. The number of hydrogen-bond donors (Lipinski definition) is 3. The minimum atomic E-state index is -6.00. The Morgan fingerprint density at radius 1 is 1.00 bits per heavy atom. The van der Waals surface area contributed by atoms with Gasteiger partial charge in [0.05, 0.1) is 0 Å². The average Bonchev–Trinajstić information content (AvgIpc) is 1.52. The first-order valence-corrected chi connectivity index (χ1v) is 3.21. The molecule has 0 saturated heterocycles. The zero-order chi connectivity index (χ0) is 10.4. The molecule has 76 valence electrons. The van der Waals surface area contributed by atoms with E-state index in [1.54, 1.807) is 13.8 Å². The van der Waals surface area contributed by atoms with Gasteiger partial charge in [-0.05, 0) is 0 Å². The van der Waals surface area contributed by atoms with Crippen LogP contribution in [0.4, 0.5) is 17.3 Å². The molecule has 4 N–H and O–H groups in total. The first-order chi connectivity index (χ1) is 5.13. The number of rotatable bonds is 2. The Bertz CT molecular complexity index is 95.7. The van der Waals surface area contributed by atoms with Gasteiger partial charge < -0.3 is 27.5 Å². The van der Waals surface area contributed by atoms with Crippen LogP contribution in [0.15, 0.2) is 0 Å². The highest BCUT2D eigenvalue weighted by molar-refractivity contribution is 6.50. The molecule has 2 atom stereocenters. The van der Waals surface area contributed by atoms with Gasteiger partial charge in [-0.25, -0.2) is 0 Å². The normalized spacial score (nSPS) is 16.0. The Labute approximate surface area is 67.5 Å². The molecule has 12 heavy (non-hydrogen) atoms. The van der Waals surface area contributed by atoms with Crippen molar-refractivity contribution in [3.8, 4) is 0 Å². The summed E-state index contributed by atoms with van der Waals surface area (Å²) in [6, 6.07) is 0. The molecule has 0 bridgehead atoms. The van der Waals surface area contributed by atoms with Crippen LogP contribution in [0.3, 0.4) is 0 Å². The predicted molar refractivity (Wildman–Crippen MR) is 35.5 cm³/mol. The molecule has 2 unspecified atom stereocenters. The Balaban J connectivity index is 0. The minimum Gasteiger partial charge on any atom is -0.418 e. The van der Waals surface area contributed by atoms with Crippen LogP contribution in [0.2, 0.25) is 0 Å². The summed E-state index contributed by atoms with van der Waals surface area (Å²) in [6.07, 6.45) is -1.00. The van der Waals surface area contributed by atoms with E-state index in [1.165, 1.54) is 5.32 Å². The number of aliphatic hydroxyl groups excluding tert-OH is 2. The Kier molecular flexibility index (Phi) is 7.35. The molecule has 0 heterocycles. The fraction of sp³-hybridized carbons (Fsp3) is 1.00. The zero-order valence-electron chi connectivity index (χ0n) is 6.72. The maximum Gasteiger partial charge on any atom is 0.673 e. The van der Waals surface area contributed by atoms with E-state index >= 15 is 0 Å². The standard InChI is InChI=1S/C4H11NO2.BF4/c1-3(6)5-4(2)7;2-1(3,4)5/h3-7H,1-2H3;/q;-1/p+1. The minimum absolute atomic E-state index is 0.500. The molecule has 0 aliphatic rings. The van der Waals surface area contributed by atoms with Crippen molar-refractivity contribution in [3.63, 3.8) is 0 Å². The van der Waals surface area contributed by atoms with Crippen LogP contribution in [-0.2, 0) is 0 Å². The van der Waals surface area contributed by atoms with Crippen molar-refractivity contribution in [2.75, 3.05) is 0 Å². The van der Waals surface area contributed by atoms with E-state index in [2.05, 4.69) is 0 Å². The lowest BCUT2D eigenvalue weighted by atomic mass is 10.3. The van der Waals surface area contributed by atoms with Crippen LogP contribution < -0.4 is 5.32 Å². The monoisotopic (exact) mass is 193 g/mol. The van der Waals surface area contributed by atoms with Crippen LogP contribution in [0, 0.1) is 0 Å². The van der Waals surface area contributed by atoms with E-state index < -0.39 is 19.7 Å². The zero-order valence-corrected chi connectivity index (χ0v) is 6.72. The second kappa shape index (κ2) is 6.21. The molecule has 3 nitrogen and oxygen atoms in total. The lowest BCUT2D eigenvalue weighted by Crippen LogP contribution is -2.94. The Hall–Kier alpha value is -0.335. The fourth-order valence-electron chi connectivity index (χ4n) is 0.403. The molecule has 0 saturated carbocycles. The van der Waals surface area contributed by atoms with Crippen molar-refractivity contribution >= 4 is 7.25 Å². The lowest BCUT2D eigenvalue weighted by molar-refractivity contribution is -0.775. The highest BCUT2D eigenvalue weighted by atomic mass is 19.5. The summed E-state index contributed by atoms with van der Waals surface area (Å²) in [4.78, 5) is 0. The van der Waals surface area contributed by atoms with Gasteiger partial charge in [0.2, 0.25) is 0 Å². The number of hydrogen-bond acceptors (Lipinski definition) is 2. The first-order valence-electron chi connectivity index (χ1n) is 3.21. The summed E-state index contributed by atoms with van der Waals surface area (Å²) >= 11 is 0. The van der Waals surface area contributed by atoms with Crippen molar-refractivity contribution in [3.05, 3.63) is 0 Å². The number of aliphatic hydroxyl groups is 2.